The number of nitrogens with one attached hydrogen (secondary N) is 1. The van der Waals surface area contributed by atoms with Crippen molar-refractivity contribution < 1.29 is 33.8 Å². The first-order chi connectivity index (χ1) is 19.5. The number of piperazine rings is 2. The van der Waals surface area contributed by atoms with Crippen LogP contribution in [0.15, 0.2) is 12.4 Å². The molecule has 2 saturated heterocycles. The van der Waals surface area contributed by atoms with Gasteiger partial charge in [0, 0.05) is 89.8 Å². The fourth-order valence-corrected chi connectivity index (χ4v) is 4.45. The normalized spacial score (nSPS) is 16.4. The number of aromatic nitrogens is 2. The zero-order valence-corrected chi connectivity index (χ0v) is 24.3. The summed E-state index contributed by atoms with van der Waals surface area (Å²) in [6, 6.07) is 0. The zero-order chi connectivity index (χ0) is 29.8. The smallest absolute Gasteiger partial charge is 0.407 e. The molecule has 0 radical (unpaired) electrons. The molecule has 14 heteroatoms. The van der Waals surface area contributed by atoms with Crippen LogP contribution in [0.5, 0.6) is 0 Å². The van der Waals surface area contributed by atoms with Crippen molar-refractivity contribution >= 4 is 29.8 Å². The summed E-state index contributed by atoms with van der Waals surface area (Å²) >= 11 is 0. The molecule has 0 saturated carbocycles. The number of anilines is 1. The summed E-state index contributed by atoms with van der Waals surface area (Å²) in [7, 11) is 0. The Labute approximate surface area is 241 Å². The third-order valence-corrected chi connectivity index (χ3v) is 6.73. The quantitative estimate of drug-likeness (QED) is 0.335. The maximum absolute atomic E-state index is 12.6. The van der Waals surface area contributed by atoms with E-state index in [1.807, 2.05) is 9.80 Å². The molecule has 0 aromatic carbocycles. The molecule has 3 heterocycles. The van der Waals surface area contributed by atoms with Crippen LogP contribution in [0, 0.1) is 0 Å². The Balaban J connectivity index is 1.25. The number of alkyl carbamates (subject to hydrolysis) is 1. The van der Waals surface area contributed by atoms with Crippen molar-refractivity contribution in [1.82, 2.24) is 30.0 Å². The number of ether oxygens (including phenoxy) is 2. The lowest BCUT2D eigenvalue weighted by molar-refractivity contribution is -0.141. The fraction of sp³-hybridized carbons (Fsp3) is 0.704. The molecule has 2 N–H and O–H groups in total. The molecule has 3 amide bonds. The van der Waals surface area contributed by atoms with Gasteiger partial charge in [-0.2, -0.15) is 0 Å². The van der Waals surface area contributed by atoms with Crippen LogP contribution < -0.4 is 10.2 Å². The fourth-order valence-electron chi connectivity index (χ4n) is 4.45. The van der Waals surface area contributed by atoms with Gasteiger partial charge in [0.2, 0.25) is 17.8 Å². The second-order valence-corrected chi connectivity index (χ2v) is 11.1. The van der Waals surface area contributed by atoms with Crippen molar-refractivity contribution in [1.29, 1.82) is 0 Å². The Morgan fingerprint density at radius 1 is 0.854 bits per heavy atom. The van der Waals surface area contributed by atoms with Gasteiger partial charge in [0.25, 0.3) is 0 Å². The molecule has 2 fully saturated rings. The van der Waals surface area contributed by atoms with Gasteiger partial charge < -0.3 is 34.6 Å². The summed E-state index contributed by atoms with van der Waals surface area (Å²) in [6.45, 7) is 12.3. The second kappa shape index (κ2) is 15.5. The Hall–Kier alpha value is -3.52. The Morgan fingerprint density at radius 3 is 2.02 bits per heavy atom. The topological polar surface area (TPSA) is 158 Å². The Bertz CT molecular complexity index is 1020. The van der Waals surface area contributed by atoms with Crippen LogP contribution in [0.3, 0.4) is 0 Å². The predicted molar refractivity (Wildman–Crippen MR) is 149 cm³/mol. The van der Waals surface area contributed by atoms with Gasteiger partial charge in [-0.1, -0.05) is 0 Å². The van der Waals surface area contributed by atoms with Crippen molar-refractivity contribution in [2.24, 2.45) is 0 Å². The number of carboxylic acid groups (broad SMARTS) is 1. The molecular formula is C27H43N7O7. The van der Waals surface area contributed by atoms with E-state index in [1.54, 1.807) is 38.1 Å². The number of aliphatic carboxylic acids is 1. The number of rotatable bonds is 12. The van der Waals surface area contributed by atoms with Gasteiger partial charge in [0.15, 0.2) is 0 Å². The molecule has 14 nitrogen and oxygen atoms in total. The van der Waals surface area contributed by atoms with Crippen LogP contribution in [-0.4, -0.2) is 131 Å². The highest BCUT2D eigenvalue weighted by Gasteiger charge is 2.23. The number of hydrogen-bond donors (Lipinski definition) is 2. The molecular weight excluding hydrogens is 534 g/mol. The highest BCUT2D eigenvalue weighted by Crippen LogP contribution is 2.13. The SMILES string of the molecule is CC(C)(C)OC(=O)NCc1cnc(N2CCN(C(=O)CCOCCN3CCN(C(=O)CCC(=O)O)CC3)CC2)nc1. The summed E-state index contributed by atoms with van der Waals surface area (Å²) in [6.07, 6.45) is 3.09. The highest BCUT2D eigenvalue weighted by atomic mass is 16.6. The molecule has 0 unspecified atom stereocenters. The first-order valence-corrected chi connectivity index (χ1v) is 14.1. The van der Waals surface area contributed by atoms with Gasteiger partial charge in [-0.3, -0.25) is 19.3 Å². The molecule has 0 bridgehead atoms. The maximum atomic E-state index is 12.6. The molecule has 3 rings (SSSR count). The van der Waals surface area contributed by atoms with E-state index in [-0.39, 0.29) is 31.2 Å². The molecule has 2 aliphatic heterocycles. The summed E-state index contributed by atoms with van der Waals surface area (Å²) in [4.78, 5) is 63.7. The van der Waals surface area contributed by atoms with Crippen LogP contribution in [-0.2, 0) is 30.4 Å². The van der Waals surface area contributed by atoms with E-state index in [2.05, 4.69) is 20.2 Å². The molecule has 228 valence electrons. The van der Waals surface area contributed by atoms with Crippen LogP contribution in [0.25, 0.3) is 0 Å². The number of carbonyl (C=O) groups excluding carboxylic acids is 3. The highest BCUT2D eigenvalue weighted by molar-refractivity contribution is 5.80. The van der Waals surface area contributed by atoms with Gasteiger partial charge in [-0.05, 0) is 20.8 Å². The molecule has 0 atom stereocenters. The first-order valence-electron chi connectivity index (χ1n) is 14.1. The number of hydrogen-bond acceptors (Lipinski definition) is 10. The number of nitrogens with zero attached hydrogens (tertiary/aromatic N) is 6. The minimum atomic E-state index is -0.959. The van der Waals surface area contributed by atoms with Crippen molar-refractivity contribution in [2.45, 2.75) is 52.2 Å². The van der Waals surface area contributed by atoms with Gasteiger partial charge in [0.05, 0.1) is 26.1 Å². The maximum Gasteiger partial charge on any atom is 0.407 e. The van der Waals surface area contributed by atoms with Crippen LogP contribution in [0.2, 0.25) is 0 Å². The minimum Gasteiger partial charge on any atom is -0.481 e. The minimum absolute atomic E-state index is 0.0407. The monoisotopic (exact) mass is 577 g/mol. The van der Waals surface area contributed by atoms with Gasteiger partial charge in [-0.15, -0.1) is 0 Å². The average molecular weight is 578 g/mol. The van der Waals surface area contributed by atoms with E-state index < -0.39 is 17.7 Å². The van der Waals surface area contributed by atoms with E-state index in [0.717, 1.165) is 25.2 Å². The van der Waals surface area contributed by atoms with E-state index in [0.29, 0.717) is 64.9 Å². The van der Waals surface area contributed by atoms with E-state index in [1.165, 1.54) is 0 Å². The van der Waals surface area contributed by atoms with E-state index in [9.17, 15) is 19.2 Å². The summed E-state index contributed by atoms with van der Waals surface area (Å²) in [5.41, 5.74) is 0.203. The number of amides is 3. The third kappa shape index (κ3) is 11.5. The predicted octanol–water partition coefficient (Wildman–Crippen LogP) is 0.566. The second-order valence-electron chi connectivity index (χ2n) is 11.1. The summed E-state index contributed by atoms with van der Waals surface area (Å²) in [5, 5.41) is 11.4. The first kappa shape index (κ1) is 32.0. The summed E-state index contributed by atoms with van der Waals surface area (Å²) in [5.74, 6) is -0.425. The van der Waals surface area contributed by atoms with E-state index in [4.69, 9.17) is 14.6 Å². The van der Waals surface area contributed by atoms with Crippen molar-refractivity contribution in [3.63, 3.8) is 0 Å². The lowest BCUT2D eigenvalue weighted by atomic mass is 10.2. The largest absolute Gasteiger partial charge is 0.481 e. The van der Waals surface area contributed by atoms with Crippen LogP contribution in [0.4, 0.5) is 10.7 Å². The van der Waals surface area contributed by atoms with Crippen molar-refractivity contribution in [3.8, 4) is 0 Å². The Morgan fingerprint density at radius 2 is 1.44 bits per heavy atom. The number of carbonyl (C=O) groups is 4. The lowest BCUT2D eigenvalue weighted by Crippen LogP contribution is -2.49. The molecule has 0 aliphatic carbocycles. The van der Waals surface area contributed by atoms with Crippen molar-refractivity contribution in [2.75, 3.05) is 77.0 Å². The van der Waals surface area contributed by atoms with Crippen LogP contribution >= 0.6 is 0 Å². The van der Waals surface area contributed by atoms with E-state index >= 15 is 0 Å². The third-order valence-electron chi connectivity index (χ3n) is 6.73. The lowest BCUT2D eigenvalue weighted by Gasteiger charge is -2.35. The van der Waals surface area contributed by atoms with Gasteiger partial charge >= 0.3 is 12.1 Å². The molecule has 2 aliphatic rings. The van der Waals surface area contributed by atoms with Gasteiger partial charge in [-0.25, -0.2) is 14.8 Å². The summed E-state index contributed by atoms with van der Waals surface area (Å²) < 4.78 is 10.9. The number of carboxylic acids is 1. The average Bonchev–Trinajstić information content (AvgIpc) is 2.94. The van der Waals surface area contributed by atoms with Gasteiger partial charge in [0.1, 0.15) is 5.60 Å². The Kier molecular flexibility index (Phi) is 12.1. The standard InChI is InChI=1S/C27H43N7O7/c1-27(2,3)41-26(39)30-20-21-18-28-25(29-19-21)34-13-11-33(12-14-34)23(36)6-16-40-17-15-31-7-9-32(10-8-31)22(35)4-5-24(37)38/h18-19H,4-17,20H2,1-3H3,(H,30,39)(H,37,38). The molecule has 1 aromatic heterocycles. The van der Waals surface area contributed by atoms with Crippen molar-refractivity contribution in [3.05, 3.63) is 18.0 Å². The molecule has 1 aromatic rings. The van der Waals surface area contributed by atoms with Crippen LogP contribution in [0.1, 0.15) is 45.6 Å². The zero-order valence-electron chi connectivity index (χ0n) is 24.3. The molecule has 41 heavy (non-hydrogen) atoms. The molecule has 0 spiro atoms.